The van der Waals surface area contributed by atoms with E-state index in [-0.39, 0.29) is 0 Å². The second kappa shape index (κ2) is 5.83. The van der Waals surface area contributed by atoms with E-state index in [4.69, 9.17) is 0 Å². The smallest absolute Gasteiger partial charge is 0.143 e. The molecule has 0 aliphatic carbocycles. The van der Waals surface area contributed by atoms with E-state index in [2.05, 4.69) is 51.0 Å². The van der Waals surface area contributed by atoms with Gasteiger partial charge >= 0.3 is 0 Å². The number of hydrogen-bond donors (Lipinski definition) is 1. The van der Waals surface area contributed by atoms with Crippen LogP contribution in [-0.2, 0) is 0 Å². The highest BCUT2D eigenvalue weighted by Crippen LogP contribution is 2.29. The summed E-state index contributed by atoms with van der Waals surface area (Å²) in [6.45, 7) is 6.53. The molecule has 1 aliphatic heterocycles. The predicted molar refractivity (Wildman–Crippen MR) is 75.4 cm³/mol. The van der Waals surface area contributed by atoms with Crippen molar-refractivity contribution >= 4 is 21.7 Å². The Morgan fingerprint density at radius 1 is 1.59 bits per heavy atom. The third kappa shape index (κ3) is 3.19. The topological polar surface area (TPSA) is 28.2 Å². The fourth-order valence-corrected chi connectivity index (χ4v) is 2.77. The maximum absolute atomic E-state index is 4.49. The van der Waals surface area contributed by atoms with Gasteiger partial charge in [-0.15, -0.1) is 0 Å². The SMILES string of the molecule is CC(C)NCC1CCCN1c1ncccc1Br. The zero-order chi connectivity index (χ0) is 12.3. The molecule has 3 nitrogen and oxygen atoms in total. The molecule has 2 heterocycles. The van der Waals surface area contributed by atoms with Crippen LogP contribution in [0.1, 0.15) is 26.7 Å². The van der Waals surface area contributed by atoms with Crippen LogP contribution in [0.25, 0.3) is 0 Å². The number of hydrogen-bond acceptors (Lipinski definition) is 3. The van der Waals surface area contributed by atoms with Crippen molar-refractivity contribution in [1.29, 1.82) is 0 Å². The molecule has 1 atom stereocenters. The van der Waals surface area contributed by atoms with E-state index >= 15 is 0 Å². The first-order valence-electron chi connectivity index (χ1n) is 6.29. The van der Waals surface area contributed by atoms with Crippen molar-refractivity contribution in [1.82, 2.24) is 10.3 Å². The fraction of sp³-hybridized carbons (Fsp3) is 0.615. The van der Waals surface area contributed by atoms with Gasteiger partial charge in [-0.1, -0.05) is 13.8 Å². The van der Waals surface area contributed by atoms with Gasteiger partial charge in [-0.05, 0) is 40.9 Å². The van der Waals surface area contributed by atoms with Crippen LogP contribution in [0.4, 0.5) is 5.82 Å². The molecule has 1 N–H and O–H groups in total. The molecule has 0 saturated carbocycles. The van der Waals surface area contributed by atoms with Gasteiger partial charge in [-0.2, -0.15) is 0 Å². The molecule has 1 unspecified atom stereocenters. The van der Waals surface area contributed by atoms with E-state index in [1.165, 1.54) is 12.8 Å². The summed E-state index contributed by atoms with van der Waals surface area (Å²) in [7, 11) is 0. The monoisotopic (exact) mass is 297 g/mol. The molecule has 94 valence electrons. The first kappa shape index (κ1) is 12.8. The van der Waals surface area contributed by atoms with Gasteiger partial charge in [0, 0.05) is 31.4 Å². The Bertz CT molecular complexity index is 367. The number of anilines is 1. The minimum absolute atomic E-state index is 0.546. The average Bonchev–Trinajstić information content (AvgIpc) is 2.75. The lowest BCUT2D eigenvalue weighted by atomic mass is 10.2. The van der Waals surface area contributed by atoms with Crippen LogP contribution >= 0.6 is 15.9 Å². The van der Waals surface area contributed by atoms with E-state index < -0.39 is 0 Å². The van der Waals surface area contributed by atoms with Crippen molar-refractivity contribution < 1.29 is 0 Å². The minimum Gasteiger partial charge on any atom is -0.351 e. The number of pyridine rings is 1. The summed E-state index contributed by atoms with van der Waals surface area (Å²) in [5.41, 5.74) is 0. The Kier molecular flexibility index (Phi) is 4.40. The highest BCUT2D eigenvalue weighted by atomic mass is 79.9. The van der Waals surface area contributed by atoms with Crippen molar-refractivity contribution in [2.24, 2.45) is 0 Å². The Morgan fingerprint density at radius 3 is 3.12 bits per heavy atom. The molecule has 0 spiro atoms. The third-order valence-corrected chi connectivity index (χ3v) is 3.77. The second-order valence-electron chi connectivity index (χ2n) is 4.86. The van der Waals surface area contributed by atoms with Gasteiger partial charge in [0.2, 0.25) is 0 Å². The molecule has 1 saturated heterocycles. The molecule has 1 fully saturated rings. The summed E-state index contributed by atoms with van der Waals surface area (Å²) < 4.78 is 1.09. The zero-order valence-corrected chi connectivity index (χ0v) is 12.1. The van der Waals surface area contributed by atoms with Crippen LogP contribution in [0.2, 0.25) is 0 Å². The lowest BCUT2D eigenvalue weighted by Gasteiger charge is -2.27. The Balaban J connectivity index is 2.07. The maximum atomic E-state index is 4.49. The average molecular weight is 298 g/mol. The molecule has 0 radical (unpaired) electrons. The summed E-state index contributed by atoms with van der Waals surface area (Å²) in [5.74, 6) is 1.08. The Hall–Kier alpha value is -0.610. The van der Waals surface area contributed by atoms with Crippen molar-refractivity contribution in [2.75, 3.05) is 18.0 Å². The number of halogens is 1. The predicted octanol–water partition coefficient (Wildman–Crippen LogP) is 2.81. The molecule has 1 aliphatic rings. The number of nitrogens with one attached hydrogen (secondary N) is 1. The van der Waals surface area contributed by atoms with Gasteiger partial charge in [0.15, 0.2) is 0 Å². The lowest BCUT2D eigenvalue weighted by molar-refractivity contribution is 0.522. The van der Waals surface area contributed by atoms with Gasteiger partial charge in [-0.3, -0.25) is 0 Å². The molecule has 4 heteroatoms. The molecule has 1 aromatic rings. The van der Waals surface area contributed by atoms with Crippen LogP contribution in [0.5, 0.6) is 0 Å². The second-order valence-corrected chi connectivity index (χ2v) is 5.72. The normalized spacial score (nSPS) is 20.2. The van der Waals surface area contributed by atoms with Crippen molar-refractivity contribution in [3.05, 3.63) is 22.8 Å². The molecular weight excluding hydrogens is 278 g/mol. The molecule has 0 amide bonds. The molecule has 2 rings (SSSR count). The Morgan fingerprint density at radius 2 is 2.41 bits per heavy atom. The molecule has 1 aromatic heterocycles. The molecule has 0 aromatic carbocycles. The summed E-state index contributed by atoms with van der Waals surface area (Å²) in [5, 5.41) is 3.52. The van der Waals surface area contributed by atoms with Crippen LogP contribution in [0, 0.1) is 0 Å². The van der Waals surface area contributed by atoms with Gasteiger partial charge in [0.25, 0.3) is 0 Å². The van der Waals surface area contributed by atoms with Crippen molar-refractivity contribution in [2.45, 2.75) is 38.8 Å². The van der Waals surface area contributed by atoms with Gasteiger partial charge in [0.1, 0.15) is 5.82 Å². The summed E-state index contributed by atoms with van der Waals surface area (Å²) >= 11 is 3.59. The third-order valence-electron chi connectivity index (χ3n) is 3.15. The van der Waals surface area contributed by atoms with E-state index in [0.717, 1.165) is 23.4 Å². The Labute approximate surface area is 112 Å². The maximum Gasteiger partial charge on any atom is 0.143 e. The highest BCUT2D eigenvalue weighted by molar-refractivity contribution is 9.10. The number of nitrogens with zero attached hydrogens (tertiary/aromatic N) is 2. The van der Waals surface area contributed by atoms with Crippen molar-refractivity contribution in [3.8, 4) is 0 Å². The first-order valence-corrected chi connectivity index (χ1v) is 7.08. The van der Waals surface area contributed by atoms with Crippen LogP contribution in [0.3, 0.4) is 0 Å². The summed E-state index contributed by atoms with van der Waals surface area (Å²) in [6.07, 6.45) is 4.38. The van der Waals surface area contributed by atoms with Crippen LogP contribution < -0.4 is 10.2 Å². The molecular formula is C13H20BrN3. The summed E-state index contributed by atoms with van der Waals surface area (Å²) in [4.78, 5) is 6.91. The number of aromatic nitrogens is 1. The zero-order valence-electron chi connectivity index (χ0n) is 10.5. The van der Waals surface area contributed by atoms with E-state index in [9.17, 15) is 0 Å². The molecule has 0 bridgehead atoms. The van der Waals surface area contributed by atoms with Crippen molar-refractivity contribution in [3.63, 3.8) is 0 Å². The lowest BCUT2D eigenvalue weighted by Crippen LogP contribution is -2.40. The van der Waals surface area contributed by atoms with E-state index in [1.54, 1.807) is 0 Å². The quantitative estimate of drug-likeness (QED) is 0.926. The van der Waals surface area contributed by atoms with Crippen LogP contribution in [-0.4, -0.2) is 30.2 Å². The number of rotatable bonds is 4. The van der Waals surface area contributed by atoms with Gasteiger partial charge in [0.05, 0.1) is 4.47 Å². The minimum atomic E-state index is 0.546. The standard InChI is InChI=1S/C13H20BrN3/c1-10(2)16-9-11-5-4-8-17(11)13-12(14)6-3-7-15-13/h3,6-7,10-11,16H,4-5,8-9H2,1-2H3. The fourth-order valence-electron chi connectivity index (χ4n) is 2.29. The van der Waals surface area contributed by atoms with E-state index in [1.807, 2.05) is 12.3 Å². The largest absolute Gasteiger partial charge is 0.351 e. The van der Waals surface area contributed by atoms with E-state index in [0.29, 0.717) is 12.1 Å². The van der Waals surface area contributed by atoms with Gasteiger partial charge in [-0.25, -0.2) is 4.98 Å². The van der Waals surface area contributed by atoms with Crippen LogP contribution in [0.15, 0.2) is 22.8 Å². The molecule has 17 heavy (non-hydrogen) atoms. The van der Waals surface area contributed by atoms with Gasteiger partial charge < -0.3 is 10.2 Å². The summed E-state index contributed by atoms with van der Waals surface area (Å²) in [6, 6.07) is 5.15. The highest BCUT2D eigenvalue weighted by Gasteiger charge is 2.26. The first-order chi connectivity index (χ1) is 8.18.